The summed E-state index contributed by atoms with van der Waals surface area (Å²) in [5.41, 5.74) is 4.43. The number of nitrogens with one attached hydrogen (secondary N) is 1. The minimum Gasteiger partial charge on any atom is -0.380 e. The lowest BCUT2D eigenvalue weighted by molar-refractivity contribution is 0.618. The zero-order chi connectivity index (χ0) is 13.1. The second-order valence-corrected chi connectivity index (χ2v) is 5.13. The van der Waals surface area contributed by atoms with Crippen LogP contribution in [0.15, 0.2) is 40.9 Å². The Morgan fingerprint density at radius 3 is 2.33 bits per heavy atom. The van der Waals surface area contributed by atoms with Crippen molar-refractivity contribution in [2.75, 3.05) is 5.32 Å². The first-order valence-corrected chi connectivity index (χ1v) is 6.62. The van der Waals surface area contributed by atoms with Crippen LogP contribution in [0.5, 0.6) is 0 Å². The number of anilines is 1. The highest BCUT2D eigenvalue weighted by atomic mass is 79.9. The lowest BCUT2D eigenvalue weighted by atomic mass is 10.1. The molecule has 2 aromatic rings. The lowest BCUT2D eigenvalue weighted by Crippen LogP contribution is -2.04. The van der Waals surface area contributed by atoms with E-state index in [0.29, 0.717) is 11.0 Å². The van der Waals surface area contributed by atoms with Gasteiger partial charge in [-0.2, -0.15) is 0 Å². The molecule has 0 saturated carbocycles. The van der Waals surface area contributed by atoms with Gasteiger partial charge in [-0.1, -0.05) is 30.3 Å². The molecule has 2 aromatic carbocycles. The lowest BCUT2D eigenvalue weighted by Gasteiger charge is -2.13. The summed E-state index contributed by atoms with van der Waals surface area (Å²) in [6, 6.07) is 11.3. The third-order valence-corrected chi connectivity index (χ3v) is 3.86. The standard InChI is InChI=1S/C15H15BrFN/c1-10-5-3-6-11(2)15(10)18-9-12-7-4-8-13(17)14(12)16/h3-8,18H,9H2,1-2H3. The Bertz CT molecular complexity index is 546. The van der Waals surface area contributed by atoms with Crippen molar-refractivity contribution in [1.29, 1.82) is 0 Å². The van der Waals surface area contributed by atoms with Gasteiger partial charge in [0, 0.05) is 12.2 Å². The van der Waals surface area contributed by atoms with Gasteiger partial charge >= 0.3 is 0 Å². The van der Waals surface area contributed by atoms with E-state index in [1.165, 1.54) is 17.2 Å². The number of halogens is 2. The van der Waals surface area contributed by atoms with Crippen LogP contribution in [0.2, 0.25) is 0 Å². The molecular formula is C15H15BrFN. The highest BCUT2D eigenvalue weighted by Crippen LogP contribution is 2.24. The number of hydrogen-bond donors (Lipinski definition) is 1. The first-order chi connectivity index (χ1) is 8.59. The van der Waals surface area contributed by atoms with Crippen molar-refractivity contribution >= 4 is 21.6 Å². The SMILES string of the molecule is Cc1cccc(C)c1NCc1cccc(F)c1Br. The van der Waals surface area contributed by atoms with Gasteiger partial charge in [0.2, 0.25) is 0 Å². The Morgan fingerprint density at radius 2 is 1.67 bits per heavy atom. The fraction of sp³-hybridized carbons (Fsp3) is 0.200. The summed E-state index contributed by atoms with van der Waals surface area (Å²) in [6.45, 7) is 4.73. The van der Waals surface area contributed by atoms with Crippen molar-refractivity contribution in [2.45, 2.75) is 20.4 Å². The molecule has 1 nitrogen and oxygen atoms in total. The molecular weight excluding hydrogens is 293 g/mol. The van der Waals surface area contributed by atoms with Gasteiger partial charge in [-0.25, -0.2) is 4.39 Å². The van der Waals surface area contributed by atoms with Crippen molar-refractivity contribution in [3.63, 3.8) is 0 Å². The Kier molecular flexibility index (Phi) is 4.02. The molecule has 3 heteroatoms. The van der Waals surface area contributed by atoms with Crippen LogP contribution in [0.4, 0.5) is 10.1 Å². The molecule has 0 bridgehead atoms. The maximum absolute atomic E-state index is 13.4. The largest absolute Gasteiger partial charge is 0.380 e. The van der Waals surface area contributed by atoms with Gasteiger partial charge in [-0.3, -0.25) is 0 Å². The molecule has 0 radical (unpaired) electrons. The summed E-state index contributed by atoms with van der Waals surface area (Å²) < 4.78 is 13.9. The molecule has 0 spiro atoms. The van der Waals surface area contributed by atoms with Gasteiger partial charge < -0.3 is 5.32 Å². The topological polar surface area (TPSA) is 12.0 Å². The molecule has 94 valence electrons. The molecule has 0 aliphatic heterocycles. The second kappa shape index (κ2) is 5.53. The smallest absolute Gasteiger partial charge is 0.137 e. The summed E-state index contributed by atoms with van der Waals surface area (Å²) >= 11 is 3.28. The average molecular weight is 308 g/mol. The Labute approximate surface area is 115 Å². The molecule has 0 saturated heterocycles. The normalized spacial score (nSPS) is 10.4. The van der Waals surface area contributed by atoms with Crippen molar-refractivity contribution in [1.82, 2.24) is 0 Å². The van der Waals surface area contributed by atoms with Crippen LogP contribution in [0.3, 0.4) is 0 Å². The number of aryl methyl sites for hydroxylation is 2. The van der Waals surface area contributed by atoms with Gasteiger partial charge in [-0.05, 0) is 52.5 Å². The van der Waals surface area contributed by atoms with Crippen molar-refractivity contribution in [3.8, 4) is 0 Å². The highest BCUT2D eigenvalue weighted by Gasteiger charge is 2.06. The van der Waals surface area contributed by atoms with Crippen LogP contribution in [0, 0.1) is 19.7 Å². The molecule has 0 fully saturated rings. The molecule has 0 aromatic heterocycles. The summed E-state index contributed by atoms with van der Waals surface area (Å²) in [5, 5.41) is 3.37. The predicted molar refractivity (Wildman–Crippen MR) is 77.3 cm³/mol. The molecule has 0 unspecified atom stereocenters. The fourth-order valence-corrected chi connectivity index (χ4v) is 2.37. The minimum atomic E-state index is -0.226. The van der Waals surface area contributed by atoms with Crippen LogP contribution in [-0.4, -0.2) is 0 Å². The molecule has 18 heavy (non-hydrogen) atoms. The Morgan fingerprint density at radius 1 is 1.06 bits per heavy atom. The van der Waals surface area contributed by atoms with E-state index < -0.39 is 0 Å². The molecule has 2 rings (SSSR count). The summed E-state index contributed by atoms with van der Waals surface area (Å²) in [7, 11) is 0. The number of rotatable bonds is 3. The van der Waals surface area contributed by atoms with E-state index in [1.807, 2.05) is 12.1 Å². The van der Waals surface area contributed by atoms with Crippen LogP contribution >= 0.6 is 15.9 Å². The third-order valence-electron chi connectivity index (χ3n) is 2.97. The van der Waals surface area contributed by atoms with E-state index in [9.17, 15) is 4.39 Å². The van der Waals surface area contributed by atoms with Gasteiger partial charge in [0.25, 0.3) is 0 Å². The second-order valence-electron chi connectivity index (χ2n) is 4.33. The van der Waals surface area contributed by atoms with Gasteiger partial charge in [0.1, 0.15) is 5.82 Å². The third kappa shape index (κ3) is 2.72. The van der Waals surface area contributed by atoms with Gasteiger partial charge in [-0.15, -0.1) is 0 Å². The number of hydrogen-bond acceptors (Lipinski definition) is 1. The molecule has 0 aliphatic carbocycles. The van der Waals surface area contributed by atoms with Crippen LogP contribution in [0.25, 0.3) is 0 Å². The van der Waals surface area contributed by atoms with Crippen LogP contribution in [-0.2, 0) is 6.54 Å². The first kappa shape index (κ1) is 13.1. The van der Waals surface area contributed by atoms with Crippen molar-refractivity contribution < 1.29 is 4.39 Å². The first-order valence-electron chi connectivity index (χ1n) is 5.82. The molecule has 0 amide bonds. The predicted octanol–water partition coefficient (Wildman–Crippen LogP) is 4.82. The monoisotopic (exact) mass is 307 g/mol. The average Bonchev–Trinajstić information content (AvgIpc) is 2.33. The van der Waals surface area contributed by atoms with E-state index in [-0.39, 0.29) is 5.82 Å². The Balaban J connectivity index is 2.19. The maximum atomic E-state index is 13.4. The summed E-state index contributed by atoms with van der Waals surface area (Å²) in [6.07, 6.45) is 0. The van der Waals surface area contributed by atoms with E-state index in [4.69, 9.17) is 0 Å². The van der Waals surface area contributed by atoms with Crippen LogP contribution in [0.1, 0.15) is 16.7 Å². The highest BCUT2D eigenvalue weighted by molar-refractivity contribution is 9.10. The molecule has 0 aliphatic rings. The zero-order valence-corrected chi connectivity index (χ0v) is 12.0. The summed E-state index contributed by atoms with van der Waals surface area (Å²) in [4.78, 5) is 0. The molecule has 0 heterocycles. The summed E-state index contributed by atoms with van der Waals surface area (Å²) in [5.74, 6) is -0.226. The fourth-order valence-electron chi connectivity index (χ4n) is 1.96. The van der Waals surface area contributed by atoms with Gasteiger partial charge in [0.05, 0.1) is 4.47 Å². The van der Waals surface area contributed by atoms with E-state index in [2.05, 4.69) is 47.2 Å². The van der Waals surface area contributed by atoms with E-state index in [0.717, 1.165) is 11.3 Å². The van der Waals surface area contributed by atoms with E-state index >= 15 is 0 Å². The minimum absolute atomic E-state index is 0.226. The quantitative estimate of drug-likeness (QED) is 0.857. The van der Waals surface area contributed by atoms with E-state index in [1.54, 1.807) is 6.07 Å². The maximum Gasteiger partial charge on any atom is 0.137 e. The zero-order valence-electron chi connectivity index (χ0n) is 10.4. The number of benzene rings is 2. The van der Waals surface area contributed by atoms with Crippen molar-refractivity contribution in [3.05, 3.63) is 63.4 Å². The molecule has 1 N–H and O–H groups in total. The molecule has 0 atom stereocenters. The van der Waals surface area contributed by atoms with Crippen LogP contribution < -0.4 is 5.32 Å². The van der Waals surface area contributed by atoms with Gasteiger partial charge in [0.15, 0.2) is 0 Å². The number of para-hydroxylation sites is 1. The van der Waals surface area contributed by atoms with Crippen molar-refractivity contribution in [2.24, 2.45) is 0 Å². The Hall–Kier alpha value is -1.35.